The molecule has 0 radical (unpaired) electrons. The predicted molar refractivity (Wildman–Crippen MR) is 125 cm³/mol. The first-order valence-corrected chi connectivity index (χ1v) is 12.0. The molecule has 0 atom stereocenters. The Labute approximate surface area is 186 Å². The minimum absolute atomic E-state index is 0.341. The summed E-state index contributed by atoms with van der Waals surface area (Å²) in [6.45, 7) is 7.48. The zero-order valence-electron chi connectivity index (χ0n) is 19.1. The number of hydrogen-bond acceptors (Lipinski definition) is 4. The Morgan fingerprint density at radius 2 is 1.74 bits per heavy atom. The van der Waals surface area contributed by atoms with Gasteiger partial charge in [0, 0.05) is 50.3 Å². The number of rotatable bonds is 6. The molecule has 1 aliphatic carbocycles. The normalized spacial score (nSPS) is 17.7. The zero-order chi connectivity index (χ0) is 21.6. The Hall–Kier alpha value is -2.43. The largest absolute Gasteiger partial charge is 0.354 e. The number of amides is 1. The Kier molecular flexibility index (Phi) is 7.21. The van der Waals surface area contributed by atoms with E-state index in [2.05, 4.69) is 52.0 Å². The minimum Gasteiger partial charge on any atom is -0.354 e. The van der Waals surface area contributed by atoms with Crippen LogP contribution in [0.15, 0.2) is 30.3 Å². The summed E-state index contributed by atoms with van der Waals surface area (Å²) in [6.07, 6.45) is 8.95. The van der Waals surface area contributed by atoms with Crippen molar-refractivity contribution in [2.24, 2.45) is 5.92 Å². The number of anilines is 1. The van der Waals surface area contributed by atoms with Crippen LogP contribution >= 0.6 is 0 Å². The van der Waals surface area contributed by atoms with Gasteiger partial charge in [-0.15, -0.1) is 0 Å². The molecule has 2 aromatic rings. The molecular formula is C26H36N4O. The standard InChI is InChI=1S/C26H36N4O/c1-20-24(19-23-11-4-3-5-12-23)26(28-21(2)27-20)30-16-8-15-29(17-18-30)25(31)14-13-22-9-6-7-10-22/h3-5,11-12,22H,6-10,13-19H2,1-2H3. The molecule has 166 valence electrons. The molecule has 1 aromatic heterocycles. The van der Waals surface area contributed by atoms with Gasteiger partial charge in [-0.3, -0.25) is 4.79 Å². The molecule has 5 nitrogen and oxygen atoms in total. The molecule has 1 aromatic carbocycles. The summed E-state index contributed by atoms with van der Waals surface area (Å²) in [7, 11) is 0. The summed E-state index contributed by atoms with van der Waals surface area (Å²) in [4.78, 5) is 26.8. The maximum Gasteiger partial charge on any atom is 0.222 e. The van der Waals surface area contributed by atoms with Gasteiger partial charge in [0.15, 0.2) is 0 Å². The first-order chi connectivity index (χ1) is 15.1. The van der Waals surface area contributed by atoms with Crippen LogP contribution in [0, 0.1) is 19.8 Å². The van der Waals surface area contributed by atoms with Gasteiger partial charge in [0.1, 0.15) is 11.6 Å². The molecule has 0 spiro atoms. The van der Waals surface area contributed by atoms with Gasteiger partial charge in [-0.05, 0) is 38.2 Å². The Morgan fingerprint density at radius 3 is 2.52 bits per heavy atom. The van der Waals surface area contributed by atoms with E-state index in [1.807, 2.05) is 6.92 Å². The topological polar surface area (TPSA) is 49.3 Å². The third-order valence-electron chi connectivity index (χ3n) is 6.92. The molecule has 4 rings (SSSR count). The minimum atomic E-state index is 0.341. The molecule has 0 unspecified atom stereocenters. The van der Waals surface area contributed by atoms with E-state index in [-0.39, 0.29) is 0 Å². The van der Waals surface area contributed by atoms with E-state index in [9.17, 15) is 4.79 Å². The summed E-state index contributed by atoms with van der Waals surface area (Å²) in [6, 6.07) is 10.5. The third kappa shape index (κ3) is 5.63. The lowest BCUT2D eigenvalue weighted by atomic mass is 10.0. The third-order valence-corrected chi connectivity index (χ3v) is 6.92. The molecule has 0 N–H and O–H groups in total. The smallest absolute Gasteiger partial charge is 0.222 e. The highest BCUT2D eigenvalue weighted by Gasteiger charge is 2.24. The molecule has 1 saturated carbocycles. The van der Waals surface area contributed by atoms with E-state index < -0.39 is 0 Å². The Balaban J connectivity index is 1.44. The van der Waals surface area contributed by atoms with Gasteiger partial charge >= 0.3 is 0 Å². The average Bonchev–Trinajstić information content (AvgIpc) is 3.17. The zero-order valence-corrected chi connectivity index (χ0v) is 19.1. The number of aromatic nitrogens is 2. The first-order valence-electron chi connectivity index (χ1n) is 12.0. The van der Waals surface area contributed by atoms with Crippen LogP contribution in [0.5, 0.6) is 0 Å². The monoisotopic (exact) mass is 420 g/mol. The second kappa shape index (κ2) is 10.3. The molecule has 1 saturated heterocycles. The highest BCUT2D eigenvalue weighted by atomic mass is 16.2. The van der Waals surface area contributed by atoms with E-state index in [1.165, 1.54) is 36.8 Å². The Bertz CT molecular complexity index is 876. The fourth-order valence-corrected chi connectivity index (χ4v) is 5.15. The second-order valence-electron chi connectivity index (χ2n) is 9.23. The van der Waals surface area contributed by atoms with Gasteiger partial charge in [-0.1, -0.05) is 56.0 Å². The number of hydrogen-bond donors (Lipinski definition) is 0. The van der Waals surface area contributed by atoms with Gasteiger partial charge in [-0.25, -0.2) is 9.97 Å². The summed E-state index contributed by atoms with van der Waals surface area (Å²) < 4.78 is 0. The molecular weight excluding hydrogens is 384 g/mol. The van der Waals surface area contributed by atoms with Crippen molar-refractivity contribution in [3.05, 3.63) is 53.0 Å². The lowest BCUT2D eigenvalue weighted by Gasteiger charge is -2.26. The van der Waals surface area contributed by atoms with E-state index in [1.54, 1.807) is 0 Å². The van der Waals surface area contributed by atoms with Crippen LogP contribution in [0.4, 0.5) is 5.82 Å². The lowest BCUT2D eigenvalue weighted by Crippen LogP contribution is -2.35. The fourth-order valence-electron chi connectivity index (χ4n) is 5.15. The second-order valence-corrected chi connectivity index (χ2v) is 9.23. The summed E-state index contributed by atoms with van der Waals surface area (Å²) >= 11 is 0. The summed E-state index contributed by atoms with van der Waals surface area (Å²) in [5, 5.41) is 0. The van der Waals surface area contributed by atoms with E-state index in [0.717, 1.165) is 75.1 Å². The quantitative estimate of drug-likeness (QED) is 0.680. The van der Waals surface area contributed by atoms with Crippen LogP contribution in [-0.4, -0.2) is 47.0 Å². The maximum atomic E-state index is 12.8. The van der Waals surface area contributed by atoms with Crippen molar-refractivity contribution in [1.82, 2.24) is 14.9 Å². The van der Waals surface area contributed by atoms with Crippen molar-refractivity contribution < 1.29 is 4.79 Å². The van der Waals surface area contributed by atoms with Crippen LogP contribution in [0.3, 0.4) is 0 Å². The van der Waals surface area contributed by atoms with E-state index in [4.69, 9.17) is 4.98 Å². The molecule has 0 bridgehead atoms. The molecule has 2 heterocycles. The van der Waals surface area contributed by atoms with Crippen LogP contribution in [0.2, 0.25) is 0 Å². The lowest BCUT2D eigenvalue weighted by molar-refractivity contribution is -0.131. The van der Waals surface area contributed by atoms with Gasteiger partial charge < -0.3 is 9.80 Å². The Morgan fingerprint density at radius 1 is 0.968 bits per heavy atom. The molecule has 2 fully saturated rings. The van der Waals surface area contributed by atoms with Gasteiger partial charge in [0.25, 0.3) is 0 Å². The molecule has 1 aliphatic heterocycles. The first kappa shape index (κ1) is 21.8. The van der Waals surface area contributed by atoms with Crippen LogP contribution in [-0.2, 0) is 11.2 Å². The molecule has 2 aliphatic rings. The van der Waals surface area contributed by atoms with Crippen molar-refractivity contribution in [2.45, 2.75) is 65.2 Å². The van der Waals surface area contributed by atoms with Crippen molar-refractivity contribution in [3.8, 4) is 0 Å². The molecule has 1 amide bonds. The highest BCUT2D eigenvalue weighted by Crippen LogP contribution is 2.29. The van der Waals surface area contributed by atoms with E-state index in [0.29, 0.717) is 5.91 Å². The number of nitrogens with zero attached hydrogens (tertiary/aromatic N) is 4. The number of benzene rings is 1. The van der Waals surface area contributed by atoms with Crippen LogP contribution in [0.1, 0.15) is 67.6 Å². The SMILES string of the molecule is Cc1nc(C)c(Cc2ccccc2)c(N2CCCN(C(=O)CCC3CCCC3)CC2)n1. The van der Waals surface area contributed by atoms with E-state index >= 15 is 0 Å². The average molecular weight is 421 g/mol. The number of aryl methyl sites for hydroxylation is 2. The maximum absolute atomic E-state index is 12.8. The van der Waals surface area contributed by atoms with Crippen molar-refractivity contribution >= 4 is 11.7 Å². The summed E-state index contributed by atoms with van der Waals surface area (Å²) in [5.74, 6) is 2.99. The summed E-state index contributed by atoms with van der Waals surface area (Å²) in [5.41, 5.74) is 3.54. The van der Waals surface area contributed by atoms with Crippen molar-refractivity contribution in [1.29, 1.82) is 0 Å². The predicted octanol–water partition coefficient (Wildman–Crippen LogP) is 4.69. The van der Waals surface area contributed by atoms with Crippen molar-refractivity contribution in [2.75, 3.05) is 31.1 Å². The fraction of sp³-hybridized carbons (Fsp3) is 0.577. The highest BCUT2D eigenvalue weighted by molar-refractivity contribution is 5.76. The van der Waals surface area contributed by atoms with Gasteiger partial charge in [0.05, 0.1) is 0 Å². The number of carbonyl (C=O) groups is 1. The molecule has 5 heteroatoms. The van der Waals surface area contributed by atoms with Crippen LogP contribution in [0.25, 0.3) is 0 Å². The number of carbonyl (C=O) groups excluding carboxylic acids is 1. The molecule has 31 heavy (non-hydrogen) atoms. The van der Waals surface area contributed by atoms with Gasteiger partial charge in [0.2, 0.25) is 5.91 Å². The van der Waals surface area contributed by atoms with Gasteiger partial charge in [-0.2, -0.15) is 0 Å². The van der Waals surface area contributed by atoms with Crippen LogP contribution < -0.4 is 4.90 Å². The van der Waals surface area contributed by atoms with Crippen molar-refractivity contribution in [3.63, 3.8) is 0 Å².